The third kappa shape index (κ3) is 4.66. The minimum atomic E-state index is -1.24. The summed E-state index contributed by atoms with van der Waals surface area (Å²) in [7, 11) is 0. The number of aliphatic carboxylic acids is 1. The van der Waals surface area contributed by atoms with Gasteiger partial charge in [0.15, 0.2) is 11.5 Å². The molecule has 1 heterocycles. The monoisotopic (exact) mass is 477 g/mol. The zero-order valence-corrected chi connectivity index (χ0v) is 16.5. The third-order valence-corrected chi connectivity index (χ3v) is 4.79. The van der Waals surface area contributed by atoms with Gasteiger partial charge in [0, 0.05) is 0 Å². The molecule has 1 saturated heterocycles. The summed E-state index contributed by atoms with van der Waals surface area (Å²) in [5.74, 6) is -0.676. The van der Waals surface area contributed by atoms with Crippen molar-refractivity contribution in [2.24, 2.45) is 0 Å². The highest BCUT2D eigenvalue weighted by Gasteiger charge is 2.36. The number of rotatable bonds is 7. The second-order valence-corrected chi connectivity index (χ2v) is 7.01. The van der Waals surface area contributed by atoms with Gasteiger partial charge in [-0.15, -0.1) is 0 Å². The average Bonchev–Trinajstić information content (AvgIpc) is 2.78. The summed E-state index contributed by atoms with van der Waals surface area (Å²) in [6, 6.07) is 3.53. The summed E-state index contributed by atoms with van der Waals surface area (Å²) < 4.78 is 12.0. The van der Waals surface area contributed by atoms with Crippen LogP contribution in [0.15, 0.2) is 17.0 Å². The smallest absolute Gasteiger partial charge is 0.323 e. The number of ether oxygens (including phenoxy) is 2. The van der Waals surface area contributed by atoms with Gasteiger partial charge in [-0.25, -0.2) is 0 Å². The second kappa shape index (κ2) is 8.56. The number of imide groups is 1. The van der Waals surface area contributed by atoms with Crippen molar-refractivity contribution >= 4 is 57.5 Å². The molecule has 2 rings (SSSR count). The number of nitrogens with zero attached hydrogens (tertiary/aromatic N) is 1. The number of carbonyl (C=O) groups is 3. The molecule has 1 aromatic rings. The number of hydrogen-bond donors (Lipinski definition) is 1. The summed E-state index contributed by atoms with van der Waals surface area (Å²) in [6.45, 7) is 4.02. The lowest BCUT2D eigenvalue weighted by Gasteiger charge is -2.13. The largest absolute Gasteiger partial charge is 0.490 e. The van der Waals surface area contributed by atoms with E-state index in [1.54, 1.807) is 18.2 Å². The number of benzene rings is 1. The molecule has 0 saturated carbocycles. The van der Waals surface area contributed by atoms with Crippen LogP contribution in [0.4, 0.5) is 4.79 Å². The van der Waals surface area contributed by atoms with Gasteiger partial charge in [0.25, 0.3) is 11.1 Å². The highest BCUT2D eigenvalue weighted by atomic mass is 127. The maximum absolute atomic E-state index is 12.2. The van der Waals surface area contributed by atoms with E-state index in [2.05, 4.69) is 22.6 Å². The first kappa shape index (κ1) is 19.6. The van der Waals surface area contributed by atoms with Gasteiger partial charge in [0.05, 0.1) is 21.7 Å². The zero-order valence-electron chi connectivity index (χ0n) is 13.6. The Labute approximate surface area is 162 Å². The van der Waals surface area contributed by atoms with Crippen molar-refractivity contribution in [3.63, 3.8) is 0 Å². The van der Waals surface area contributed by atoms with Crippen molar-refractivity contribution in [3.8, 4) is 11.5 Å². The Morgan fingerprint density at radius 3 is 2.56 bits per heavy atom. The highest BCUT2D eigenvalue weighted by Crippen LogP contribution is 2.37. The first-order valence-electron chi connectivity index (χ1n) is 7.43. The molecule has 134 valence electrons. The van der Waals surface area contributed by atoms with Crippen molar-refractivity contribution in [3.05, 3.63) is 26.2 Å². The molecule has 1 fully saturated rings. The minimum absolute atomic E-state index is 0.175. The number of thioether (sulfide) groups is 1. The van der Waals surface area contributed by atoms with Crippen molar-refractivity contribution < 1.29 is 29.0 Å². The van der Waals surface area contributed by atoms with Crippen molar-refractivity contribution in [1.82, 2.24) is 4.90 Å². The molecule has 0 spiro atoms. The Balaban J connectivity index is 2.36. The Hall–Kier alpha value is -1.75. The van der Waals surface area contributed by atoms with Gasteiger partial charge < -0.3 is 14.6 Å². The Bertz CT molecular complexity index is 748. The molecule has 0 aromatic heterocycles. The van der Waals surface area contributed by atoms with E-state index in [4.69, 9.17) is 14.6 Å². The molecular weight excluding hydrogens is 461 g/mol. The van der Waals surface area contributed by atoms with Crippen LogP contribution in [0.3, 0.4) is 0 Å². The number of hydrogen-bond acceptors (Lipinski definition) is 6. The summed E-state index contributed by atoms with van der Waals surface area (Å²) in [4.78, 5) is 35.7. The number of amides is 2. The van der Waals surface area contributed by atoms with Crippen LogP contribution in [-0.4, -0.2) is 46.9 Å². The van der Waals surface area contributed by atoms with Gasteiger partial charge in [-0.1, -0.05) is 0 Å². The molecule has 1 N–H and O–H groups in total. The van der Waals surface area contributed by atoms with E-state index in [9.17, 15) is 14.4 Å². The lowest BCUT2D eigenvalue weighted by Crippen LogP contribution is -2.33. The van der Waals surface area contributed by atoms with E-state index in [1.165, 1.54) is 0 Å². The van der Waals surface area contributed by atoms with Crippen LogP contribution in [0.5, 0.6) is 11.5 Å². The molecule has 7 nitrogen and oxygen atoms in total. The molecule has 0 radical (unpaired) electrons. The first-order valence-corrected chi connectivity index (χ1v) is 9.33. The van der Waals surface area contributed by atoms with E-state index in [1.807, 2.05) is 13.8 Å². The number of halogens is 1. The van der Waals surface area contributed by atoms with Crippen LogP contribution in [-0.2, 0) is 9.59 Å². The van der Waals surface area contributed by atoms with E-state index < -0.39 is 23.7 Å². The zero-order chi connectivity index (χ0) is 18.6. The summed E-state index contributed by atoms with van der Waals surface area (Å²) in [5, 5.41) is 8.20. The summed E-state index contributed by atoms with van der Waals surface area (Å²) in [6.07, 6.45) is 1.55. The van der Waals surface area contributed by atoms with E-state index >= 15 is 0 Å². The minimum Gasteiger partial charge on any atom is -0.490 e. The SMILES string of the molecule is CCOc1cc(/C=C2/SC(=O)N(CC(=O)O)C2=O)cc(I)c1OCC. The Kier molecular flexibility index (Phi) is 6.71. The van der Waals surface area contributed by atoms with Crippen molar-refractivity contribution in [2.45, 2.75) is 13.8 Å². The molecule has 0 atom stereocenters. The average molecular weight is 477 g/mol. The number of carboxylic acids is 1. The fourth-order valence-electron chi connectivity index (χ4n) is 2.14. The summed E-state index contributed by atoms with van der Waals surface area (Å²) >= 11 is 2.83. The van der Waals surface area contributed by atoms with Crippen LogP contribution in [0.1, 0.15) is 19.4 Å². The molecule has 0 unspecified atom stereocenters. The second-order valence-electron chi connectivity index (χ2n) is 4.86. The summed E-state index contributed by atoms with van der Waals surface area (Å²) in [5.41, 5.74) is 0.664. The van der Waals surface area contributed by atoms with Crippen LogP contribution in [0.2, 0.25) is 0 Å². The van der Waals surface area contributed by atoms with Crippen LogP contribution < -0.4 is 9.47 Å². The Morgan fingerprint density at radius 2 is 1.96 bits per heavy atom. The van der Waals surface area contributed by atoms with Gasteiger partial charge in [0.1, 0.15) is 6.54 Å². The topological polar surface area (TPSA) is 93.1 Å². The van der Waals surface area contributed by atoms with Gasteiger partial charge in [-0.3, -0.25) is 19.3 Å². The molecule has 1 aliphatic heterocycles. The molecular formula is C16H16INO6S. The van der Waals surface area contributed by atoms with Gasteiger partial charge in [-0.05, 0) is 72.0 Å². The molecule has 1 aliphatic rings. The van der Waals surface area contributed by atoms with Crippen molar-refractivity contribution in [2.75, 3.05) is 19.8 Å². The van der Waals surface area contributed by atoms with Gasteiger partial charge in [-0.2, -0.15) is 0 Å². The van der Waals surface area contributed by atoms with Crippen LogP contribution in [0, 0.1) is 3.57 Å². The normalized spacial score (nSPS) is 15.8. The van der Waals surface area contributed by atoms with E-state index in [0.29, 0.717) is 35.2 Å². The molecule has 0 bridgehead atoms. The quantitative estimate of drug-likeness (QED) is 0.476. The van der Waals surface area contributed by atoms with E-state index in [0.717, 1.165) is 15.3 Å². The fourth-order valence-corrected chi connectivity index (χ4v) is 3.76. The molecule has 0 aliphatic carbocycles. The van der Waals surface area contributed by atoms with Crippen molar-refractivity contribution in [1.29, 1.82) is 0 Å². The van der Waals surface area contributed by atoms with E-state index in [-0.39, 0.29) is 4.91 Å². The third-order valence-electron chi connectivity index (χ3n) is 3.09. The van der Waals surface area contributed by atoms with Gasteiger partial charge in [0.2, 0.25) is 0 Å². The standard InChI is InChI=1S/C16H16INO6S/c1-3-23-11-6-9(5-10(17)14(11)24-4-2)7-12-15(21)18(8-13(19)20)16(22)25-12/h5-7H,3-4,8H2,1-2H3,(H,19,20)/b12-7+. The predicted molar refractivity (Wildman–Crippen MR) is 102 cm³/mol. The lowest BCUT2D eigenvalue weighted by atomic mass is 10.2. The Morgan fingerprint density at radius 1 is 1.28 bits per heavy atom. The fraction of sp³-hybridized carbons (Fsp3) is 0.312. The molecule has 2 amide bonds. The molecule has 25 heavy (non-hydrogen) atoms. The maximum Gasteiger partial charge on any atom is 0.323 e. The van der Waals surface area contributed by atoms with Crippen LogP contribution in [0.25, 0.3) is 6.08 Å². The molecule has 9 heteroatoms. The van der Waals surface area contributed by atoms with Crippen LogP contribution >= 0.6 is 34.4 Å². The highest BCUT2D eigenvalue weighted by molar-refractivity contribution is 14.1. The number of carboxylic acid groups (broad SMARTS) is 1. The number of carbonyl (C=O) groups excluding carboxylic acids is 2. The maximum atomic E-state index is 12.2. The van der Waals surface area contributed by atoms with Gasteiger partial charge >= 0.3 is 5.97 Å². The molecule has 1 aromatic carbocycles. The first-order chi connectivity index (χ1) is 11.9. The predicted octanol–water partition coefficient (Wildman–Crippen LogP) is 3.21. The lowest BCUT2D eigenvalue weighted by molar-refractivity contribution is -0.140.